The highest BCUT2D eigenvalue weighted by Crippen LogP contribution is 2.64. The standard InChI is InChI=1S/C47H70O12/c1-9-41(6,35(49)58-46-20-29-14-30(21-46)17-44(16-29,27-46)38(52)55-33-12-10-11-13-54-33)26-42(7,24-39(2,3)34(48)57-43(8)25-40(4,5)56-37(43)51)36(50)59-47-22-31-15-32(23-47)19-45(53,18-31)28-47/h29-33,53H,9-28H2,1-8H3. The van der Waals surface area contributed by atoms with Gasteiger partial charge in [-0.25, -0.2) is 4.79 Å². The molecule has 8 bridgehead atoms. The van der Waals surface area contributed by atoms with E-state index in [0.29, 0.717) is 70.8 Å². The molecule has 0 radical (unpaired) electrons. The van der Waals surface area contributed by atoms with E-state index < -0.39 is 79.8 Å². The highest BCUT2D eigenvalue weighted by atomic mass is 16.7. The SMILES string of the molecule is CCC(C)(CC(C)(CC(C)(C)C(=O)OC1(C)CC(C)(C)OC1=O)C(=O)OC12CC3CC(CC(O)(C3)C1)C2)C(=O)OC12CC3CC(C1)CC(C(=O)OC1CCCCO1)(C3)C2. The van der Waals surface area contributed by atoms with Gasteiger partial charge in [-0.05, 0) is 168 Å². The summed E-state index contributed by atoms with van der Waals surface area (Å²) in [5.74, 6) is -1.41. The third-order valence-electron chi connectivity index (χ3n) is 16.2. The van der Waals surface area contributed by atoms with Crippen LogP contribution >= 0.6 is 0 Å². The molecule has 2 heterocycles. The minimum absolute atomic E-state index is 0.0273. The molecule has 8 unspecified atom stereocenters. The van der Waals surface area contributed by atoms with Crippen molar-refractivity contribution >= 4 is 29.8 Å². The van der Waals surface area contributed by atoms with E-state index in [-0.39, 0.29) is 48.9 Å². The summed E-state index contributed by atoms with van der Waals surface area (Å²) in [6, 6.07) is 0. The van der Waals surface area contributed by atoms with E-state index in [4.69, 9.17) is 28.4 Å². The van der Waals surface area contributed by atoms with Crippen molar-refractivity contribution in [2.24, 2.45) is 45.3 Å². The van der Waals surface area contributed by atoms with E-state index in [0.717, 1.165) is 38.5 Å². The van der Waals surface area contributed by atoms with Gasteiger partial charge in [0.1, 0.15) is 16.8 Å². The molecule has 10 rings (SSSR count). The largest absolute Gasteiger partial charge is 0.459 e. The zero-order valence-electron chi connectivity index (χ0n) is 37.0. The monoisotopic (exact) mass is 826 g/mol. The zero-order chi connectivity index (χ0) is 42.7. The van der Waals surface area contributed by atoms with Crippen LogP contribution in [0.3, 0.4) is 0 Å². The second-order valence-electron chi connectivity index (χ2n) is 23.4. The molecule has 59 heavy (non-hydrogen) atoms. The molecule has 8 aliphatic carbocycles. The fraction of sp³-hybridized carbons (Fsp3) is 0.894. The van der Waals surface area contributed by atoms with Crippen LogP contribution in [0.1, 0.15) is 177 Å². The van der Waals surface area contributed by atoms with Gasteiger partial charge in [-0.15, -0.1) is 0 Å². The number of ether oxygens (including phenoxy) is 6. The zero-order valence-corrected chi connectivity index (χ0v) is 37.0. The van der Waals surface area contributed by atoms with Crippen molar-refractivity contribution in [1.29, 1.82) is 0 Å². The lowest BCUT2D eigenvalue weighted by Crippen LogP contribution is -2.61. The Morgan fingerprint density at radius 3 is 1.78 bits per heavy atom. The summed E-state index contributed by atoms with van der Waals surface area (Å²) < 4.78 is 36.7. The third kappa shape index (κ3) is 7.97. The molecular weight excluding hydrogens is 757 g/mol. The van der Waals surface area contributed by atoms with Crippen LogP contribution in [0.2, 0.25) is 0 Å². The van der Waals surface area contributed by atoms with Gasteiger partial charge in [-0.3, -0.25) is 19.2 Å². The van der Waals surface area contributed by atoms with Crippen LogP contribution in [0.5, 0.6) is 0 Å². The molecule has 8 saturated carbocycles. The van der Waals surface area contributed by atoms with Crippen LogP contribution in [0.15, 0.2) is 0 Å². The topological polar surface area (TPSA) is 161 Å². The summed E-state index contributed by atoms with van der Waals surface area (Å²) in [7, 11) is 0. The lowest BCUT2D eigenvalue weighted by Gasteiger charge is -2.60. The highest BCUT2D eigenvalue weighted by molar-refractivity contribution is 5.88. The predicted octanol–water partition coefficient (Wildman–Crippen LogP) is 7.82. The molecule has 0 aromatic heterocycles. The highest BCUT2D eigenvalue weighted by Gasteiger charge is 2.65. The summed E-state index contributed by atoms with van der Waals surface area (Å²) in [5.41, 5.74) is -9.38. The molecule has 0 amide bonds. The van der Waals surface area contributed by atoms with E-state index in [1.165, 1.54) is 0 Å². The minimum Gasteiger partial charge on any atom is -0.459 e. The van der Waals surface area contributed by atoms with Gasteiger partial charge in [-0.1, -0.05) is 6.92 Å². The smallest absolute Gasteiger partial charge is 0.351 e. The molecule has 0 aromatic rings. The quantitative estimate of drug-likeness (QED) is 0.142. The van der Waals surface area contributed by atoms with Crippen LogP contribution in [0.25, 0.3) is 0 Å². The average Bonchev–Trinajstić information content (AvgIpc) is 3.30. The summed E-state index contributed by atoms with van der Waals surface area (Å²) in [4.78, 5) is 71.1. The normalized spacial score (nSPS) is 42.3. The number of hydrogen-bond acceptors (Lipinski definition) is 12. The maximum absolute atomic E-state index is 15.1. The van der Waals surface area contributed by atoms with Crippen molar-refractivity contribution in [3.63, 3.8) is 0 Å². The number of carbonyl (C=O) groups is 5. The van der Waals surface area contributed by atoms with E-state index >= 15 is 4.79 Å². The molecule has 0 aromatic carbocycles. The Labute approximate surface area is 350 Å². The van der Waals surface area contributed by atoms with Crippen LogP contribution in [-0.2, 0) is 52.4 Å². The summed E-state index contributed by atoms with van der Waals surface area (Å²) >= 11 is 0. The van der Waals surface area contributed by atoms with Gasteiger partial charge in [0.2, 0.25) is 11.9 Å². The maximum atomic E-state index is 15.1. The fourth-order valence-electron chi connectivity index (χ4n) is 14.6. The van der Waals surface area contributed by atoms with Crippen molar-refractivity contribution < 1.29 is 57.5 Å². The van der Waals surface area contributed by atoms with Crippen LogP contribution in [0.4, 0.5) is 0 Å². The van der Waals surface area contributed by atoms with Crippen molar-refractivity contribution in [1.82, 2.24) is 0 Å². The predicted molar refractivity (Wildman–Crippen MR) is 213 cm³/mol. The van der Waals surface area contributed by atoms with Gasteiger partial charge in [0.25, 0.3) is 0 Å². The number of rotatable bonds is 13. The Kier molecular flexibility index (Phi) is 10.3. The van der Waals surface area contributed by atoms with E-state index in [9.17, 15) is 24.3 Å². The van der Waals surface area contributed by atoms with Gasteiger partial charge in [-0.2, -0.15) is 0 Å². The average molecular weight is 827 g/mol. The summed E-state index contributed by atoms with van der Waals surface area (Å²) in [6.07, 6.45) is 11.0. The molecular formula is C47H70O12. The number of carbonyl (C=O) groups excluding carboxylic acids is 5. The van der Waals surface area contributed by atoms with Crippen LogP contribution in [-0.4, -0.2) is 75.9 Å². The van der Waals surface area contributed by atoms with E-state index in [2.05, 4.69) is 0 Å². The van der Waals surface area contributed by atoms with Crippen molar-refractivity contribution in [3.8, 4) is 0 Å². The first-order valence-corrected chi connectivity index (χ1v) is 22.8. The second kappa shape index (κ2) is 14.1. The van der Waals surface area contributed by atoms with Gasteiger partial charge < -0.3 is 33.5 Å². The van der Waals surface area contributed by atoms with Crippen molar-refractivity contribution in [3.05, 3.63) is 0 Å². The molecule has 12 nitrogen and oxygen atoms in total. The minimum atomic E-state index is -1.49. The van der Waals surface area contributed by atoms with Gasteiger partial charge in [0.15, 0.2) is 0 Å². The molecule has 10 aliphatic rings. The molecule has 1 N–H and O–H groups in total. The first-order chi connectivity index (χ1) is 27.3. The second-order valence-corrected chi connectivity index (χ2v) is 23.4. The fourth-order valence-corrected chi connectivity index (χ4v) is 14.6. The number of cyclic esters (lactones) is 1. The van der Waals surface area contributed by atoms with E-state index in [1.807, 2.05) is 13.8 Å². The van der Waals surface area contributed by atoms with E-state index in [1.54, 1.807) is 41.5 Å². The molecule has 8 atom stereocenters. The van der Waals surface area contributed by atoms with Gasteiger partial charge in [0.05, 0.1) is 33.9 Å². The van der Waals surface area contributed by atoms with Crippen LogP contribution < -0.4 is 0 Å². The molecule has 330 valence electrons. The first kappa shape index (κ1) is 42.9. The van der Waals surface area contributed by atoms with Crippen molar-refractivity contribution in [2.45, 2.75) is 212 Å². The Bertz CT molecular complexity index is 1710. The molecule has 0 spiro atoms. The summed E-state index contributed by atoms with van der Waals surface area (Å²) in [6.45, 7) is 14.6. The Hall–Kier alpha value is -2.73. The Morgan fingerprint density at radius 2 is 1.27 bits per heavy atom. The number of esters is 5. The summed E-state index contributed by atoms with van der Waals surface area (Å²) in [5, 5.41) is 11.6. The first-order valence-electron chi connectivity index (χ1n) is 22.8. The molecule has 2 aliphatic heterocycles. The van der Waals surface area contributed by atoms with Gasteiger partial charge >= 0.3 is 29.8 Å². The number of aliphatic hydroxyl groups is 1. The van der Waals surface area contributed by atoms with Crippen LogP contribution in [0, 0.1) is 45.3 Å². The molecule has 2 saturated heterocycles. The molecule has 10 fully saturated rings. The van der Waals surface area contributed by atoms with Gasteiger partial charge in [0, 0.05) is 25.7 Å². The Morgan fingerprint density at radius 1 is 0.712 bits per heavy atom. The lowest BCUT2D eigenvalue weighted by molar-refractivity contribution is -0.234. The molecule has 12 heteroatoms. The Balaban J connectivity index is 1.05. The van der Waals surface area contributed by atoms with Crippen molar-refractivity contribution in [2.75, 3.05) is 6.61 Å². The number of hydrogen-bond donors (Lipinski definition) is 1. The lowest BCUT2D eigenvalue weighted by atomic mass is 9.48. The maximum Gasteiger partial charge on any atom is 0.351 e. The third-order valence-corrected chi connectivity index (χ3v) is 16.2.